The monoisotopic (exact) mass is 283 g/mol. The van der Waals surface area contributed by atoms with Gasteiger partial charge in [-0.2, -0.15) is 0 Å². The van der Waals surface area contributed by atoms with E-state index in [2.05, 4.69) is 22.1 Å². The number of sulfone groups is 1. The molecule has 1 unspecified atom stereocenters. The van der Waals surface area contributed by atoms with Gasteiger partial charge < -0.3 is 10.2 Å². The SMILES string of the molecule is CCNCc1ccnc(N2CCS(=O)(=O)CC2C)c1. The summed E-state index contributed by atoms with van der Waals surface area (Å²) in [6, 6.07) is 4.01. The van der Waals surface area contributed by atoms with Gasteiger partial charge in [0.15, 0.2) is 9.84 Å². The van der Waals surface area contributed by atoms with Crippen LogP contribution in [0.1, 0.15) is 19.4 Å². The number of pyridine rings is 1. The smallest absolute Gasteiger partial charge is 0.154 e. The maximum atomic E-state index is 11.6. The molecule has 1 aliphatic heterocycles. The van der Waals surface area contributed by atoms with Gasteiger partial charge in [0, 0.05) is 25.3 Å². The summed E-state index contributed by atoms with van der Waals surface area (Å²) in [6.07, 6.45) is 1.79. The van der Waals surface area contributed by atoms with Gasteiger partial charge >= 0.3 is 0 Å². The minimum absolute atomic E-state index is 0.0133. The van der Waals surface area contributed by atoms with Gasteiger partial charge in [0.2, 0.25) is 0 Å². The zero-order valence-electron chi connectivity index (χ0n) is 11.5. The number of nitrogens with zero attached hydrogens (tertiary/aromatic N) is 2. The number of anilines is 1. The van der Waals surface area contributed by atoms with E-state index in [4.69, 9.17) is 0 Å². The molecule has 1 aliphatic rings. The largest absolute Gasteiger partial charge is 0.352 e. The van der Waals surface area contributed by atoms with Crippen molar-refractivity contribution in [2.45, 2.75) is 26.4 Å². The van der Waals surface area contributed by atoms with Gasteiger partial charge in [-0.25, -0.2) is 13.4 Å². The molecule has 1 atom stereocenters. The molecule has 0 aromatic carbocycles. The first-order chi connectivity index (χ1) is 9.02. The molecule has 2 heterocycles. The van der Waals surface area contributed by atoms with Crippen LogP contribution in [0.5, 0.6) is 0 Å². The molecule has 0 amide bonds. The first-order valence-corrected chi connectivity index (χ1v) is 8.46. The maximum absolute atomic E-state index is 11.6. The third-order valence-electron chi connectivity index (χ3n) is 3.35. The molecule has 106 valence electrons. The molecule has 2 rings (SSSR count). The molecule has 0 spiro atoms. The van der Waals surface area contributed by atoms with E-state index < -0.39 is 9.84 Å². The van der Waals surface area contributed by atoms with Gasteiger partial charge in [0.25, 0.3) is 0 Å². The average Bonchev–Trinajstić information content (AvgIpc) is 2.35. The number of aromatic nitrogens is 1. The molecule has 0 aliphatic carbocycles. The van der Waals surface area contributed by atoms with Crippen LogP contribution < -0.4 is 10.2 Å². The minimum atomic E-state index is -2.88. The highest BCUT2D eigenvalue weighted by molar-refractivity contribution is 7.91. The van der Waals surface area contributed by atoms with Crippen molar-refractivity contribution in [3.8, 4) is 0 Å². The molecule has 6 heteroatoms. The third-order valence-corrected chi connectivity index (χ3v) is 5.15. The van der Waals surface area contributed by atoms with Gasteiger partial charge in [-0.05, 0) is 31.2 Å². The molecule has 0 radical (unpaired) electrons. The van der Waals surface area contributed by atoms with Crippen LogP contribution in [0.4, 0.5) is 5.82 Å². The fraction of sp³-hybridized carbons (Fsp3) is 0.615. The van der Waals surface area contributed by atoms with Gasteiger partial charge in [-0.1, -0.05) is 6.92 Å². The maximum Gasteiger partial charge on any atom is 0.154 e. The van der Waals surface area contributed by atoms with E-state index in [-0.39, 0.29) is 17.5 Å². The quantitative estimate of drug-likeness (QED) is 0.886. The summed E-state index contributed by atoms with van der Waals surface area (Å²) in [6.45, 7) is 6.28. The van der Waals surface area contributed by atoms with Crippen molar-refractivity contribution >= 4 is 15.7 Å². The first kappa shape index (κ1) is 14.3. The second-order valence-corrected chi connectivity index (χ2v) is 7.19. The van der Waals surface area contributed by atoms with Gasteiger partial charge in [0.05, 0.1) is 11.5 Å². The van der Waals surface area contributed by atoms with Crippen molar-refractivity contribution in [1.29, 1.82) is 0 Å². The highest BCUT2D eigenvalue weighted by atomic mass is 32.2. The van der Waals surface area contributed by atoms with Crippen molar-refractivity contribution in [3.63, 3.8) is 0 Å². The zero-order chi connectivity index (χ0) is 13.9. The fourth-order valence-corrected chi connectivity index (χ4v) is 3.89. The van der Waals surface area contributed by atoms with Crippen LogP contribution in [-0.4, -0.2) is 44.0 Å². The van der Waals surface area contributed by atoms with E-state index in [1.165, 1.54) is 5.56 Å². The van der Waals surface area contributed by atoms with Gasteiger partial charge in [0.1, 0.15) is 5.82 Å². The molecule has 1 aromatic heterocycles. The molecule has 1 saturated heterocycles. The van der Waals surface area contributed by atoms with Crippen molar-refractivity contribution < 1.29 is 8.42 Å². The first-order valence-electron chi connectivity index (χ1n) is 6.64. The van der Waals surface area contributed by atoms with Crippen molar-refractivity contribution in [2.24, 2.45) is 0 Å². The highest BCUT2D eigenvalue weighted by Crippen LogP contribution is 2.20. The lowest BCUT2D eigenvalue weighted by Gasteiger charge is -2.34. The predicted octanol–water partition coefficient (Wildman–Crippen LogP) is 0.814. The van der Waals surface area contributed by atoms with Crippen LogP contribution in [0.2, 0.25) is 0 Å². The van der Waals surface area contributed by atoms with Crippen molar-refractivity contribution in [1.82, 2.24) is 10.3 Å². The predicted molar refractivity (Wildman–Crippen MR) is 77.1 cm³/mol. The minimum Gasteiger partial charge on any atom is -0.352 e. The van der Waals surface area contributed by atoms with Crippen LogP contribution in [0.15, 0.2) is 18.3 Å². The van der Waals surface area contributed by atoms with Crippen LogP contribution in [0, 0.1) is 0 Å². The lowest BCUT2D eigenvalue weighted by molar-refractivity contribution is 0.566. The topological polar surface area (TPSA) is 62.3 Å². The van der Waals surface area contributed by atoms with Crippen molar-refractivity contribution in [3.05, 3.63) is 23.9 Å². The van der Waals surface area contributed by atoms with E-state index >= 15 is 0 Å². The summed E-state index contributed by atoms with van der Waals surface area (Å²) >= 11 is 0. The van der Waals surface area contributed by atoms with Crippen LogP contribution in [0.25, 0.3) is 0 Å². The standard InChI is InChI=1S/C13H21N3O2S/c1-3-14-9-12-4-5-15-13(8-12)16-6-7-19(17,18)10-11(16)2/h4-5,8,11,14H,3,6-7,9-10H2,1-2H3. The van der Waals surface area contributed by atoms with Crippen LogP contribution >= 0.6 is 0 Å². The summed E-state index contributed by atoms with van der Waals surface area (Å²) in [5.74, 6) is 1.31. The van der Waals surface area contributed by atoms with Crippen molar-refractivity contribution in [2.75, 3.05) is 29.5 Å². The Balaban J connectivity index is 2.13. The molecular formula is C13H21N3O2S. The summed E-state index contributed by atoms with van der Waals surface area (Å²) in [5.41, 5.74) is 1.17. The number of hydrogen-bond donors (Lipinski definition) is 1. The summed E-state index contributed by atoms with van der Waals surface area (Å²) < 4.78 is 23.2. The normalized spacial score (nSPS) is 22.4. The summed E-state index contributed by atoms with van der Waals surface area (Å²) in [5, 5.41) is 3.28. The molecule has 5 nitrogen and oxygen atoms in total. The Bertz CT molecular complexity index is 530. The molecule has 1 aromatic rings. The zero-order valence-corrected chi connectivity index (χ0v) is 12.3. The Kier molecular flexibility index (Phi) is 4.42. The lowest BCUT2D eigenvalue weighted by Crippen LogP contribution is -2.47. The van der Waals surface area contributed by atoms with E-state index in [1.54, 1.807) is 6.20 Å². The third kappa shape index (κ3) is 3.67. The van der Waals surface area contributed by atoms with E-state index in [1.807, 2.05) is 19.1 Å². The average molecular weight is 283 g/mol. The fourth-order valence-electron chi connectivity index (χ4n) is 2.34. The van der Waals surface area contributed by atoms with E-state index in [9.17, 15) is 8.42 Å². The Morgan fingerprint density at radius 2 is 2.32 bits per heavy atom. The molecule has 0 bridgehead atoms. The van der Waals surface area contributed by atoms with E-state index in [0.717, 1.165) is 18.9 Å². The molecular weight excluding hydrogens is 262 g/mol. The second kappa shape index (κ2) is 5.88. The summed E-state index contributed by atoms with van der Waals surface area (Å²) in [4.78, 5) is 6.45. The number of nitrogens with one attached hydrogen (secondary N) is 1. The Morgan fingerprint density at radius 3 is 3.00 bits per heavy atom. The Hall–Kier alpha value is -1.14. The Morgan fingerprint density at radius 1 is 1.53 bits per heavy atom. The summed E-state index contributed by atoms with van der Waals surface area (Å²) in [7, 11) is -2.88. The molecule has 0 saturated carbocycles. The van der Waals surface area contributed by atoms with E-state index in [0.29, 0.717) is 6.54 Å². The Labute approximate surface area is 114 Å². The molecule has 1 N–H and O–H groups in total. The molecule has 19 heavy (non-hydrogen) atoms. The second-order valence-electron chi connectivity index (χ2n) is 4.96. The van der Waals surface area contributed by atoms with Crippen LogP contribution in [-0.2, 0) is 16.4 Å². The van der Waals surface area contributed by atoms with Gasteiger partial charge in [-0.3, -0.25) is 0 Å². The number of hydrogen-bond acceptors (Lipinski definition) is 5. The van der Waals surface area contributed by atoms with Crippen LogP contribution in [0.3, 0.4) is 0 Å². The molecule has 1 fully saturated rings. The lowest BCUT2D eigenvalue weighted by atomic mass is 10.2. The number of rotatable bonds is 4. The van der Waals surface area contributed by atoms with Gasteiger partial charge in [-0.15, -0.1) is 0 Å². The highest BCUT2D eigenvalue weighted by Gasteiger charge is 2.28.